The number of aliphatic hydroxyl groups excluding tert-OH is 2. The zero-order valence-electron chi connectivity index (χ0n) is 10.8. The van der Waals surface area contributed by atoms with Crippen LogP contribution in [0.2, 0.25) is 0 Å². The summed E-state index contributed by atoms with van der Waals surface area (Å²) in [5.74, 6) is 0.283. The third-order valence-corrected chi connectivity index (χ3v) is 3.16. The van der Waals surface area contributed by atoms with Gasteiger partial charge in [-0.15, -0.1) is 0 Å². The Morgan fingerprint density at radius 1 is 1.41 bits per heavy atom. The highest BCUT2D eigenvalue weighted by Crippen LogP contribution is 2.16. The van der Waals surface area contributed by atoms with Crippen molar-refractivity contribution in [2.45, 2.75) is 25.6 Å². The lowest BCUT2D eigenvalue weighted by Gasteiger charge is -2.35. The van der Waals surface area contributed by atoms with Gasteiger partial charge in [0.1, 0.15) is 0 Å². The van der Waals surface area contributed by atoms with E-state index in [0.29, 0.717) is 26.4 Å². The van der Waals surface area contributed by atoms with Crippen LogP contribution in [0, 0.1) is 5.92 Å². The van der Waals surface area contributed by atoms with Gasteiger partial charge in [-0.05, 0) is 12.3 Å². The van der Waals surface area contributed by atoms with Gasteiger partial charge in [0, 0.05) is 26.7 Å². The van der Waals surface area contributed by atoms with Crippen molar-refractivity contribution in [2.75, 3.05) is 46.6 Å². The maximum Gasteiger partial charge on any atom is 0.0900 e. The molecule has 0 aromatic carbocycles. The van der Waals surface area contributed by atoms with Crippen molar-refractivity contribution >= 4 is 0 Å². The summed E-state index contributed by atoms with van der Waals surface area (Å²) in [7, 11) is 1.63. The Morgan fingerprint density at radius 2 is 2.18 bits per heavy atom. The summed E-state index contributed by atoms with van der Waals surface area (Å²) in [6, 6.07) is 0. The number of hydrogen-bond donors (Lipinski definition) is 2. The first-order chi connectivity index (χ1) is 8.13. The third-order valence-electron chi connectivity index (χ3n) is 3.16. The summed E-state index contributed by atoms with van der Waals surface area (Å²) in [4.78, 5) is 2.18. The highest BCUT2D eigenvalue weighted by Gasteiger charge is 2.25. The molecule has 0 bridgehead atoms. The van der Waals surface area contributed by atoms with Crippen LogP contribution in [-0.4, -0.2) is 73.9 Å². The van der Waals surface area contributed by atoms with E-state index < -0.39 is 6.10 Å². The van der Waals surface area contributed by atoms with Crippen LogP contribution in [0.15, 0.2) is 0 Å². The molecule has 1 aliphatic heterocycles. The summed E-state index contributed by atoms with van der Waals surface area (Å²) >= 11 is 0. The number of hydrogen-bond acceptors (Lipinski definition) is 5. The topological polar surface area (TPSA) is 62.2 Å². The zero-order valence-corrected chi connectivity index (χ0v) is 10.8. The lowest BCUT2D eigenvalue weighted by Crippen LogP contribution is -2.45. The van der Waals surface area contributed by atoms with E-state index in [-0.39, 0.29) is 12.0 Å². The van der Waals surface area contributed by atoms with Crippen molar-refractivity contribution in [1.82, 2.24) is 4.90 Å². The average molecular weight is 247 g/mol. The molecule has 0 amide bonds. The van der Waals surface area contributed by atoms with Crippen molar-refractivity contribution in [3.8, 4) is 0 Å². The standard InChI is InChI=1S/C12H25NO4/c1-10-7-13(4-3-12(10)15)8-11(14)9-17-6-5-16-2/h10-12,14-15H,3-9H2,1-2H3. The molecule has 5 nitrogen and oxygen atoms in total. The van der Waals surface area contributed by atoms with E-state index in [1.54, 1.807) is 7.11 Å². The predicted octanol–water partition coefficient (Wildman–Crippen LogP) is -0.287. The Balaban J connectivity index is 2.11. The molecule has 1 saturated heterocycles. The molecule has 3 atom stereocenters. The molecule has 3 unspecified atom stereocenters. The van der Waals surface area contributed by atoms with Gasteiger partial charge < -0.3 is 24.6 Å². The lowest BCUT2D eigenvalue weighted by molar-refractivity contribution is -0.0203. The molecule has 2 N–H and O–H groups in total. The smallest absolute Gasteiger partial charge is 0.0900 e. The Hall–Kier alpha value is -0.200. The molecule has 5 heteroatoms. The van der Waals surface area contributed by atoms with Crippen LogP contribution < -0.4 is 0 Å². The number of methoxy groups -OCH3 is 1. The summed E-state index contributed by atoms with van der Waals surface area (Å²) in [5, 5.41) is 19.4. The Bertz CT molecular complexity index is 203. The number of ether oxygens (including phenoxy) is 2. The molecule has 17 heavy (non-hydrogen) atoms. The molecule has 102 valence electrons. The average Bonchev–Trinajstić information content (AvgIpc) is 2.30. The van der Waals surface area contributed by atoms with Crippen LogP contribution >= 0.6 is 0 Å². The minimum atomic E-state index is -0.464. The highest BCUT2D eigenvalue weighted by atomic mass is 16.5. The molecule has 1 rings (SSSR count). The van der Waals surface area contributed by atoms with E-state index in [1.807, 2.05) is 6.92 Å². The van der Waals surface area contributed by atoms with Crippen molar-refractivity contribution in [2.24, 2.45) is 5.92 Å². The quantitative estimate of drug-likeness (QED) is 0.606. The lowest BCUT2D eigenvalue weighted by atomic mass is 9.96. The van der Waals surface area contributed by atoms with Crippen LogP contribution in [0.1, 0.15) is 13.3 Å². The van der Waals surface area contributed by atoms with Gasteiger partial charge in [0.15, 0.2) is 0 Å². The minimum absolute atomic E-state index is 0.193. The summed E-state index contributed by atoms with van der Waals surface area (Å²) in [6.45, 7) is 5.76. The van der Waals surface area contributed by atoms with Gasteiger partial charge in [-0.1, -0.05) is 6.92 Å². The maximum absolute atomic E-state index is 9.78. The minimum Gasteiger partial charge on any atom is -0.393 e. The highest BCUT2D eigenvalue weighted by molar-refractivity contribution is 4.78. The fourth-order valence-electron chi connectivity index (χ4n) is 2.10. The van der Waals surface area contributed by atoms with Gasteiger partial charge >= 0.3 is 0 Å². The number of likely N-dealkylation sites (tertiary alicyclic amines) is 1. The second-order valence-corrected chi connectivity index (χ2v) is 4.81. The Morgan fingerprint density at radius 3 is 2.82 bits per heavy atom. The number of nitrogens with zero attached hydrogens (tertiary/aromatic N) is 1. The van der Waals surface area contributed by atoms with Crippen molar-refractivity contribution in [3.63, 3.8) is 0 Å². The summed E-state index contributed by atoms with van der Waals surface area (Å²) in [5.41, 5.74) is 0. The molecular formula is C12H25NO4. The Kier molecular flexibility index (Phi) is 6.99. The van der Waals surface area contributed by atoms with Gasteiger partial charge in [0.05, 0.1) is 32.0 Å². The second-order valence-electron chi connectivity index (χ2n) is 4.81. The Labute approximate surface area is 103 Å². The van der Waals surface area contributed by atoms with E-state index in [0.717, 1.165) is 19.5 Å². The first-order valence-corrected chi connectivity index (χ1v) is 6.28. The first kappa shape index (κ1) is 14.9. The molecule has 0 saturated carbocycles. The van der Waals surface area contributed by atoms with Crippen molar-refractivity contribution in [1.29, 1.82) is 0 Å². The molecule has 0 spiro atoms. The molecular weight excluding hydrogens is 222 g/mol. The number of aliphatic hydroxyl groups is 2. The molecule has 0 aromatic heterocycles. The molecule has 1 heterocycles. The molecule has 0 radical (unpaired) electrons. The monoisotopic (exact) mass is 247 g/mol. The molecule has 0 aliphatic carbocycles. The van der Waals surface area contributed by atoms with E-state index >= 15 is 0 Å². The number of piperidine rings is 1. The van der Waals surface area contributed by atoms with E-state index in [4.69, 9.17) is 9.47 Å². The molecule has 1 fully saturated rings. The van der Waals surface area contributed by atoms with Gasteiger partial charge in [-0.2, -0.15) is 0 Å². The van der Waals surface area contributed by atoms with Crippen LogP contribution in [0.5, 0.6) is 0 Å². The first-order valence-electron chi connectivity index (χ1n) is 6.28. The van der Waals surface area contributed by atoms with E-state index in [2.05, 4.69) is 4.90 Å². The largest absolute Gasteiger partial charge is 0.393 e. The van der Waals surface area contributed by atoms with Crippen molar-refractivity contribution in [3.05, 3.63) is 0 Å². The summed E-state index contributed by atoms with van der Waals surface area (Å²) < 4.78 is 10.1. The second kappa shape index (κ2) is 8.00. The van der Waals surface area contributed by atoms with Crippen molar-refractivity contribution < 1.29 is 19.7 Å². The summed E-state index contributed by atoms with van der Waals surface area (Å²) in [6.07, 6.45) is 0.133. The molecule has 1 aliphatic rings. The third kappa shape index (κ3) is 5.79. The SMILES string of the molecule is COCCOCC(O)CN1CCC(O)C(C)C1. The number of rotatable bonds is 7. The van der Waals surface area contributed by atoms with Gasteiger partial charge in [-0.25, -0.2) is 0 Å². The van der Waals surface area contributed by atoms with Gasteiger partial charge in [0.2, 0.25) is 0 Å². The van der Waals surface area contributed by atoms with Crippen LogP contribution in [0.25, 0.3) is 0 Å². The predicted molar refractivity (Wildman–Crippen MR) is 64.9 cm³/mol. The fraction of sp³-hybridized carbons (Fsp3) is 1.00. The maximum atomic E-state index is 9.78. The van der Waals surface area contributed by atoms with E-state index in [9.17, 15) is 10.2 Å². The van der Waals surface area contributed by atoms with Gasteiger partial charge in [-0.3, -0.25) is 0 Å². The molecule has 0 aromatic rings. The van der Waals surface area contributed by atoms with Crippen LogP contribution in [-0.2, 0) is 9.47 Å². The zero-order chi connectivity index (χ0) is 12.7. The van der Waals surface area contributed by atoms with Crippen LogP contribution in [0.3, 0.4) is 0 Å². The van der Waals surface area contributed by atoms with Gasteiger partial charge in [0.25, 0.3) is 0 Å². The van der Waals surface area contributed by atoms with E-state index in [1.165, 1.54) is 0 Å². The van der Waals surface area contributed by atoms with Crippen LogP contribution in [0.4, 0.5) is 0 Å². The normalized spacial score (nSPS) is 28.2. The fourth-order valence-corrected chi connectivity index (χ4v) is 2.10. The number of β-amino-alcohol motifs (C(OH)–C–C–N with tert-alkyl or cyclic N) is 1.